The minimum atomic E-state index is 0.718. The van der Waals surface area contributed by atoms with Gasteiger partial charge in [0.1, 0.15) is 0 Å². The van der Waals surface area contributed by atoms with Crippen molar-refractivity contribution < 1.29 is 9.59 Å². The fourth-order valence-corrected chi connectivity index (χ4v) is 5.70. The zero-order valence-corrected chi connectivity index (χ0v) is 18.1. The summed E-state index contributed by atoms with van der Waals surface area (Å²) in [5, 5.41) is 0. The summed E-state index contributed by atoms with van der Waals surface area (Å²) < 4.78 is 0. The van der Waals surface area contributed by atoms with Gasteiger partial charge in [0, 0.05) is 13.1 Å². The minimum Gasteiger partial charge on any atom is -0.226 e. The molecule has 6 unspecified atom stereocenters. The van der Waals surface area contributed by atoms with Crippen LogP contribution in [0.15, 0.2) is 20.0 Å². The zero-order valence-electron chi connectivity index (χ0n) is 18.1. The molecule has 6 nitrogen and oxygen atoms in total. The number of rotatable bonds is 6. The van der Waals surface area contributed by atoms with Crippen LogP contribution in [0.3, 0.4) is 0 Å². The Balaban J connectivity index is 0.000000161. The van der Waals surface area contributed by atoms with Crippen LogP contribution < -0.4 is 0 Å². The summed E-state index contributed by atoms with van der Waals surface area (Å²) in [5.41, 5.74) is 0. The van der Waals surface area contributed by atoms with Crippen LogP contribution >= 0.6 is 0 Å². The van der Waals surface area contributed by atoms with E-state index in [1.807, 2.05) is 13.8 Å². The van der Waals surface area contributed by atoms with Crippen LogP contribution in [0.5, 0.6) is 0 Å². The number of isocyanates is 2. The van der Waals surface area contributed by atoms with E-state index in [1.54, 1.807) is 12.2 Å². The van der Waals surface area contributed by atoms with Crippen molar-refractivity contribution in [2.24, 2.45) is 55.5 Å². The molecule has 4 fully saturated rings. The van der Waals surface area contributed by atoms with E-state index in [0.29, 0.717) is 0 Å². The van der Waals surface area contributed by atoms with Gasteiger partial charge in [-0.3, -0.25) is 0 Å². The fourth-order valence-electron chi connectivity index (χ4n) is 5.70. The molecule has 0 aliphatic heterocycles. The van der Waals surface area contributed by atoms with Crippen molar-refractivity contribution in [1.82, 2.24) is 0 Å². The molecule has 0 saturated heterocycles. The van der Waals surface area contributed by atoms with Gasteiger partial charge in [-0.1, -0.05) is 12.8 Å². The molecule has 0 N–H and O–H groups in total. The Kier molecular flexibility index (Phi) is 10.8. The summed E-state index contributed by atoms with van der Waals surface area (Å²) >= 11 is 0. The third-order valence-electron chi connectivity index (χ3n) is 7.01. The smallest absolute Gasteiger partial charge is 0.226 e. The summed E-state index contributed by atoms with van der Waals surface area (Å²) in [6.45, 7) is 6.96. The first kappa shape index (κ1) is 23.4. The molecule has 4 aliphatic rings. The second-order valence-electron chi connectivity index (χ2n) is 8.78. The summed E-state index contributed by atoms with van der Waals surface area (Å²) in [6.07, 6.45) is 14.3. The first-order valence-corrected chi connectivity index (χ1v) is 11.4. The van der Waals surface area contributed by atoms with E-state index in [9.17, 15) is 9.59 Å². The van der Waals surface area contributed by atoms with Gasteiger partial charge in [0.05, 0.1) is 19.1 Å². The number of hydrogen-bond acceptors (Lipinski definition) is 6. The Morgan fingerprint density at radius 1 is 0.655 bits per heavy atom. The maximum atomic E-state index is 9.88. The zero-order chi connectivity index (χ0) is 20.9. The van der Waals surface area contributed by atoms with Crippen LogP contribution in [-0.2, 0) is 9.59 Å². The van der Waals surface area contributed by atoms with Gasteiger partial charge in [-0.05, 0) is 87.9 Å². The van der Waals surface area contributed by atoms with E-state index in [2.05, 4.69) is 26.0 Å². The summed E-state index contributed by atoms with van der Waals surface area (Å²) in [7, 11) is 0. The van der Waals surface area contributed by atoms with Gasteiger partial charge >= 0.3 is 0 Å². The number of carbonyl (C=O) groups excluding carboxylic acids is 2. The van der Waals surface area contributed by atoms with Crippen molar-refractivity contribution in [2.75, 3.05) is 26.2 Å². The lowest BCUT2D eigenvalue weighted by molar-refractivity contribution is 0.341. The molecule has 0 aromatic rings. The molecular weight excluding hydrogens is 364 g/mol. The molecule has 6 heteroatoms. The summed E-state index contributed by atoms with van der Waals surface area (Å²) in [5.74, 6) is 5.14. The number of nitrogens with zero attached hydrogens (tertiary/aromatic N) is 4. The Morgan fingerprint density at radius 2 is 1.10 bits per heavy atom. The highest BCUT2D eigenvalue weighted by atomic mass is 16.1. The Bertz CT molecular complexity index is 593. The van der Waals surface area contributed by atoms with Crippen LogP contribution in [0.4, 0.5) is 0 Å². The van der Waals surface area contributed by atoms with Gasteiger partial charge in [-0.15, -0.1) is 0 Å². The highest BCUT2D eigenvalue weighted by molar-refractivity contribution is 5.40. The molecule has 0 amide bonds. The van der Waals surface area contributed by atoms with Gasteiger partial charge in [-0.25, -0.2) is 29.6 Å². The van der Waals surface area contributed by atoms with Gasteiger partial charge in [-0.2, -0.15) is 0 Å². The second kappa shape index (κ2) is 13.4. The van der Waals surface area contributed by atoms with Crippen LogP contribution in [0, 0.1) is 35.5 Å². The standard InChI is InChI=1S/2C9H13NO.C5H10N2/c2*11-6-10-5-9-4-7-1-2-8(9)3-7;1-3-6-5-7-4-2/h2*7-9H,1-5H2;3-4H2,1-2H3. The van der Waals surface area contributed by atoms with E-state index in [0.717, 1.165) is 61.7 Å². The SMILES string of the molecule is CCN=C=NCC.O=C=NCC1CC2CCC1C2.O=C=NCC1CC2CCC1C2. The molecule has 29 heavy (non-hydrogen) atoms. The molecule has 4 bridgehead atoms. The van der Waals surface area contributed by atoms with Crippen molar-refractivity contribution in [1.29, 1.82) is 0 Å². The largest absolute Gasteiger partial charge is 0.234 e. The Labute approximate surface area is 175 Å². The molecule has 160 valence electrons. The average Bonchev–Trinajstić information content (AvgIpc) is 3.54. The van der Waals surface area contributed by atoms with Crippen molar-refractivity contribution >= 4 is 18.2 Å². The maximum Gasteiger partial charge on any atom is 0.234 e. The maximum absolute atomic E-state index is 9.88. The van der Waals surface area contributed by atoms with E-state index in [1.165, 1.54) is 51.4 Å². The second-order valence-corrected chi connectivity index (χ2v) is 8.78. The van der Waals surface area contributed by atoms with Gasteiger partial charge < -0.3 is 0 Å². The van der Waals surface area contributed by atoms with Crippen molar-refractivity contribution in [3.05, 3.63) is 0 Å². The molecule has 4 saturated carbocycles. The lowest BCUT2D eigenvalue weighted by Crippen LogP contribution is -2.13. The van der Waals surface area contributed by atoms with Crippen LogP contribution in [0.25, 0.3) is 0 Å². The van der Waals surface area contributed by atoms with E-state index in [4.69, 9.17) is 0 Å². The molecule has 0 aromatic carbocycles. The first-order chi connectivity index (χ1) is 14.2. The molecule has 0 aromatic heterocycles. The number of fused-ring (bicyclic) bond motifs is 4. The molecule has 0 radical (unpaired) electrons. The fraction of sp³-hybridized carbons (Fsp3) is 0.870. The van der Waals surface area contributed by atoms with Crippen molar-refractivity contribution in [2.45, 2.75) is 65.2 Å². The Morgan fingerprint density at radius 3 is 1.38 bits per heavy atom. The van der Waals surface area contributed by atoms with E-state index < -0.39 is 0 Å². The lowest BCUT2D eigenvalue weighted by Gasteiger charge is -2.18. The molecule has 0 heterocycles. The van der Waals surface area contributed by atoms with Crippen molar-refractivity contribution in [3.8, 4) is 0 Å². The monoisotopic (exact) mass is 400 g/mol. The third kappa shape index (κ3) is 7.82. The highest BCUT2D eigenvalue weighted by Gasteiger charge is 2.39. The van der Waals surface area contributed by atoms with Gasteiger partial charge in [0.2, 0.25) is 12.2 Å². The Hall–Kier alpha value is -1.86. The van der Waals surface area contributed by atoms with Crippen LogP contribution in [-0.4, -0.2) is 44.3 Å². The highest BCUT2D eigenvalue weighted by Crippen LogP contribution is 2.49. The molecular formula is C23H36N4O2. The normalized spacial score (nSPS) is 32.5. The predicted molar refractivity (Wildman–Crippen MR) is 115 cm³/mol. The molecule has 4 aliphatic carbocycles. The van der Waals surface area contributed by atoms with Gasteiger partial charge in [0.25, 0.3) is 0 Å². The first-order valence-electron chi connectivity index (χ1n) is 11.4. The molecule has 4 rings (SSSR count). The van der Waals surface area contributed by atoms with Gasteiger partial charge in [0.15, 0.2) is 0 Å². The van der Waals surface area contributed by atoms with E-state index >= 15 is 0 Å². The number of aliphatic imine (C=N–C) groups is 4. The van der Waals surface area contributed by atoms with Crippen LogP contribution in [0.2, 0.25) is 0 Å². The summed E-state index contributed by atoms with van der Waals surface area (Å²) in [4.78, 5) is 34.6. The quantitative estimate of drug-likeness (QED) is 0.477. The lowest BCUT2D eigenvalue weighted by atomic mass is 9.89. The predicted octanol–water partition coefficient (Wildman–Crippen LogP) is 4.72. The summed E-state index contributed by atoms with van der Waals surface area (Å²) in [6, 6.07) is 2.53. The van der Waals surface area contributed by atoms with Crippen LogP contribution in [0.1, 0.15) is 65.2 Å². The average molecular weight is 401 g/mol. The molecule has 6 atom stereocenters. The van der Waals surface area contributed by atoms with E-state index in [-0.39, 0.29) is 0 Å². The third-order valence-corrected chi connectivity index (χ3v) is 7.01. The van der Waals surface area contributed by atoms with Crippen molar-refractivity contribution in [3.63, 3.8) is 0 Å². The molecule has 0 spiro atoms. The number of hydrogen-bond donors (Lipinski definition) is 0. The topological polar surface area (TPSA) is 83.6 Å². The minimum absolute atomic E-state index is 0.718.